The third-order valence-corrected chi connectivity index (χ3v) is 4.43. The summed E-state index contributed by atoms with van der Waals surface area (Å²) in [4.78, 5) is 15.9. The lowest BCUT2D eigenvalue weighted by molar-refractivity contribution is -0.162. The molecule has 4 nitrogen and oxygen atoms in total. The van der Waals surface area contributed by atoms with E-state index in [1.54, 1.807) is 12.3 Å². The minimum absolute atomic E-state index is 0.426. The number of pyridine rings is 1. The molecule has 2 aromatic carbocycles. The Kier molecular flexibility index (Phi) is 5.20. The summed E-state index contributed by atoms with van der Waals surface area (Å²) in [7, 11) is 0. The molecule has 3 rings (SSSR count). The molecule has 0 amide bonds. The van der Waals surface area contributed by atoms with Crippen LogP contribution in [0, 0.1) is 3.57 Å². The molecule has 24 heavy (non-hydrogen) atoms. The number of carbonyl (C=O) groups excluding carboxylic acids is 1. The number of aromatic nitrogens is 1. The third kappa shape index (κ3) is 3.62. The van der Waals surface area contributed by atoms with Gasteiger partial charge in [0.25, 0.3) is 6.29 Å². The number of fused-ring (bicyclic) bond motifs is 1. The van der Waals surface area contributed by atoms with Crippen molar-refractivity contribution in [3.05, 3.63) is 68.9 Å². The molecular formula is C18H13ClINO3. The van der Waals surface area contributed by atoms with Gasteiger partial charge in [-0.2, -0.15) is 0 Å². The van der Waals surface area contributed by atoms with Crippen molar-refractivity contribution in [1.29, 1.82) is 0 Å². The van der Waals surface area contributed by atoms with E-state index < -0.39 is 12.3 Å². The molecule has 0 aliphatic carbocycles. The predicted molar refractivity (Wildman–Crippen MR) is 101 cm³/mol. The molecule has 0 bridgehead atoms. The van der Waals surface area contributed by atoms with E-state index in [9.17, 15) is 4.79 Å². The minimum atomic E-state index is -0.858. The zero-order valence-corrected chi connectivity index (χ0v) is 15.6. The molecule has 0 aliphatic heterocycles. The summed E-state index contributed by atoms with van der Waals surface area (Å²) in [5, 5.41) is 1.38. The molecule has 0 radical (unpaired) electrons. The van der Waals surface area contributed by atoms with E-state index in [1.807, 2.05) is 42.5 Å². The second-order valence-corrected chi connectivity index (χ2v) is 6.61. The molecule has 0 N–H and O–H groups in total. The quantitative estimate of drug-likeness (QED) is 0.312. The Bertz CT molecular complexity index is 886. The van der Waals surface area contributed by atoms with Crippen LogP contribution in [-0.2, 0) is 9.53 Å². The Morgan fingerprint density at radius 1 is 1.21 bits per heavy atom. The Labute approximate surface area is 157 Å². The molecule has 1 aromatic heterocycles. The molecule has 0 saturated carbocycles. The number of hydrogen-bond acceptors (Lipinski definition) is 4. The van der Waals surface area contributed by atoms with Crippen molar-refractivity contribution in [2.75, 3.05) is 0 Å². The van der Waals surface area contributed by atoms with E-state index in [2.05, 4.69) is 27.6 Å². The van der Waals surface area contributed by atoms with E-state index in [0.29, 0.717) is 16.3 Å². The fourth-order valence-electron chi connectivity index (χ4n) is 2.29. The van der Waals surface area contributed by atoms with Crippen LogP contribution in [0.2, 0.25) is 5.02 Å². The fraction of sp³-hybridized carbons (Fsp3) is 0.111. The summed E-state index contributed by atoms with van der Waals surface area (Å²) < 4.78 is 12.2. The highest BCUT2D eigenvalue weighted by atomic mass is 127. The molecule has 0 aliphatic rings. The molecule has 0 saturated heterocycles. The SMILES string of the molecule is CC(=O)OC(Oc1c(I)cc(Cl)c2cccnc12)c1ccccc1. The number of ether oxygens (including phenoxy) is 2. The highest BCUT2D eigenvalue weighted by Crippen LogP contribution is 2.37. The number of benzene rings is 2. The molecule has 3 aromatic rings. The van der Waals surface area contributed by atoms with Gasteiger partial charge in [-0.3, -0.25) is 9.78 Å². The first kappa shape index (κ1) is 17.0. The van der Waals surface area contributed by atoms with Gasteiger partial charge in [0.2, 0.25) is 0 Å². The van der Waals surface area contributed by atoms with E-state index in [4.69, 9.17) is 21.1 Å². The summed E-state index contributed by atoms with van der Waals surface area (Å²) >= 11 is 8.42. The van der Waals surface area contributed by atoms with Crippen LogP contribution in [0.4, 0.5) is 0 Å². The number of halogens is 2. The lowest BCUT2D eigenvalue weighted by Crippen LogP contribution is -2.15. The second kappa shape index (κ2) is 7.36. The Morgan fingerprint density at radius 3 is 2.67 bits per heavy atom. The van der Waals surface area contributed by atoms with Gasteiger partial charge in [0.05, 0.1) is 8.59 Å². The zero-order valence-electron chi connectivity index (χ0n) is 12.7. The summed E-state index contributed by atoms with van der Waals surface area (Å²) in [6.07, 6.45) is 0.814. The first-order valence-electron chi connectivity index (χ1n) is 7.18. The molecule has 122 valence electrons. The minimum Gasteiger partial charge on any atom is -0.447 e. The largest absolute Gasteiger partial charge is 0.447 e. The van der Waals surface area contributed by atoms with Gasteiger partial charge in [-0.05, 0) is 40.8 Å². The van der Waals surface area contributed by atoms with Crippen molar-refractivity contribution in [2.24, 2.45) is 0 Å². The molecule has 6 heteroatoms. The van der Waals surface area contributed by atoms with Gasteiger partial charge in [-0.15, -0.1) is 0 Å². The maximum absolute atomic E-state index is 11.5. The van der Waals surface area contributed by atoms with Crippen LogP contribution in [0.15, 0.2) is 54.7 Å². The average molecular weight is 454 g/mol. The Balaban J connectivity index is 2.07. The maximum Gasteiger partial charge on any atom is 0.305 e. The van der Waals surface area contributed by atoms with Crippen molar-refractivity contribution in [2.45, 2.75) is 13.2 Å². The van der Waals surface area contributed by atoms with E-state index in [0.717, 1.165) is 14.5 Å². The molecular weight excluding hydrogens is 441 g/mol. The molecule has 0 fully saturated rings. The summed E-state index contributed by atoms with van der Waals surface area (Å²) in [5.41, 5.74) is 1.37. The van der Waals surface area contributed by atoms with Crippen LogP contribution in [0.3, 0.4) is 0 Å². The van der Waals surface area contributed by atoms with Crippen molar-refractivity contribution in [1.82, 2.24) is 4.98 Å². The molecule has 0 spiro atoms. The summed E-state index contributed by atoms with van der Waals surface area (Å²) in [5.74, 6) is 0.107. The van der Waals surface area contributed by atoms with E-state index >= 15 is 0 Å². The van der Waals surface area contributed by atoms with Gasteiger partial charge in [0.15, 0.2) is 5.75 Å². The van der Waals surface area contributed by atoms with Crippen molar-refractivity contribution < 1.29 is 14.3 Å². The molecule has 1 atom stereocenters. The smallest absolute Gasteiger partial charge is 0.305 e. The number of esters is 1. The normalized spacial score (nSPS) is 12.0. The zero-order chi connectivity index (χ0) is 17.1. The van der Waals surface area contributed by atoms with E-state index in [-0.39, 0.29) is 0 Å². The highest BCUT2D eigenvalue weighted by molar-refractivity contribution is 14.1. The van der Waals surface area contributed by atoms with Gasteiger partial charge in [-0.25, -0.2) is 0 Å². The van der Waals surface area contributed by atoms with Gasteiger partial charge >= 0.3 is 5.97 Å². The summed E-state index contributed by atoms with van der Waals surface area (Å²) in [6, 6.07) is 14.8. The topological polar surface area (TPSA) is 48.4 Å². The van der Waals surface area contributed by atoms with Crippen molar-refractivity contribution in [3.63, 3.8) is 0 Å². The van der Waals surface area contributed by atoms with Crippen LogP contribution >= 0.6 is 34.2 Å². The predicted octanol–water partition coefficient (Wildman–Crippen LogP) is 5.13. The van der Waals surface area contributed by atoms with Gasteiger partial charge in [0, 0.05) is 24.1 Å². The lowest BCUT2D eigenvalue weighted by atomic mass is 10.2. The standard InChI is InChI=1S/C18H13ClINO3/c1-11(22)23-18(12-6-3-2-4-7-12)24-17-15(20)10-14(19)13-8-5-9-21-16(13)17/h2-10,18H,1H3. The van der Waals surface area contributed by atoms with Crippen LogP contribution < -0.4 is 4.74 Å². The van der Waals surface area contributed by atoms with Gasteiger partial charge < -0.3 is 9.47 Å². The number of hydrogen-bond donors (Lipinski definition) is 0. The van der Waals surface area contributed by atoms with Crippen LogP contribution in [0.1, 0.15) is 18.8 Å². The first-order chi connectivity index (χ1) is 11.6. The van der Waals surface area contributed by atoms with Crippen LogP contribution in [0.25, 0.3) is 10.9 Å². The lowest BCUT2D eigenvalue weighted by Gasteiger charge is -2.21. The van der Waals surface area contributed by atoms with E-state index in [1.165, 1.54) is 6.92 Å². The average Bonchev–Trinajstić information content (AvgIpc) is 2.58. The number of carbonyl (C=O) groups is 1. The summed E-state index contributed by atoms with van der Waals surface area (Å²) in [6.45, 7) is 1.35. The molecule has 1 unspecified atom stereocenters. The highest BCUT2D eigenvalue weighted by Gasteiger charge is 2.21. The van der Waals surface area contributed by atoms with Crippen LogP contribution in [0.5, 0.6) is 5.75 Å². The number of rotatable bonds is 4. The Hall–Kier alpha value is -1.86. The maximum atomic E-state index is 11.5. The van der Waals surface area contributed by atoms with Crippen molar-refractivity contribution >= 4 is 51.1 Å². The van der Waals surface area contributed by atoms with Gasteiger partial charge in [-0.1, -0.05) is 41.9 Å². The van der Waals surface area contributed by atoms with Crippen LogP contribution in [-0.4, -0.2) is 11.0 Å². The molecule has 1 heterocycles. The first-order valence-corrected chi connectivity index (χ1v) is 8.63. The number of nitrogens with zero attached hydrogens (tertiary/aromatic N) is 1. The third-order valence-electron chi connectivity index (χ3n) is 3.32. The Morgan fingerprint density at radius 2 is 1.96 bits per heavy atom. The monoisotopic (exact) mass is 453 g/mol. The second-order valence-electron chi connectivity index (χ2n) is 5.04. The fourth-order valence-corrected chi connectivity index (χ4v) is 3.43. The van der Waals surface area contributed by atoms with Gasteiger partial charge in [0.1, 0.15) is 5.52 Å². The van der Waals surface area contributed by atoms with Crippen molar-refractivity contribution in [3.8, 4) is 5.75 Å².